The molecule has 3 rings (SSSR count). The number of hydrazine groups is 1. The van der Waals surface area contributed by atoms with E-state index in [9.17, 15) is 28.2 Å². The summed E-state index contributed by atoms with van der Waals surface area (Å²) in [5.41, 5.74) is 5.70. The van der Waals surface area contributed by atoms with Crippen molar-refractivity contribution in [2.75, 3.05) is 11.9 Å². The minimum absolute atomic E-state index is 0.149. The second-order valence-electron chi connectivity index (χ2n) is 7.57. The van der Waals surface area contributed by atoms with Crippen molar-refractivity contribution in [2.24, 2.45) is 11.6 Å². The number of anilines is 1. The highest BCUT2D eigenvalue weighted by Gasteiger charge is 2.42. The first-order valence-electron chi connectivity index (χ1n) is 9.86. The minimum atomic E-state index is -1.65. The number of hydrogen-bond donors (Lipinski definition) is 5. The Morgan fingerprint density at radius 3 is 2.32 bits per heavy atom. The van der Waals surface area contributed by atoms with Gasteiger partial charge in [-0.3, -0.25) is 4.79 Å². The van der Waals surface area contributed by atoms with Gasteiger partial charge in [0, 0.05) is 33.9 Å². The summed E-state index contributed by atoms with van der Waals surface area (Å²) in [6.07, 6.45) is -2.79. The van der Waals surface area contributed by atoms with Gasteiger partial charge in [0.2, 0.25) is 0 Å². The van der Waals surface area contributed by atoms with Crippen LogP contribution in [0.2, 0.25) is 10.0 Å². The van der Waals surface area contributed by atoms with Gasteiger partial charge in [-0.25, -0.2) is 19.0 Å². The molecule has 1 amide bonds. The Labute approximate surface area is 202 Å². The van der Waals surface area contributed by atoms with Gasteiger partial charge in [0.05, 0.1) is 18.3 Å². The van der Waals surface area contributed by atoms with Crippen molar-refractivity contribution in [3.63, 3.8) is 0 Å². The maximum absolute atomic E-state index is 13.5. The second-order valence-corrected chi connectivity index (χ2v) is 8.45. The van der Waals surface area contributed by atoms with Gasteiger partial charge in [-0.1, -0.05) is 23.2 Å². The number of halogens is 5. The third-order valence-corrected chi connectivity index (χ3v) is 5.60. The molecule has 2 aromatic carbocycles. The van der Waals surface area contributed by atoms with Gasteiger partial charge in [0.25, 0.3) is 5.91 Å². The van der Waals surface area contributed by atoms with E-state index in [1.165, 1.54) is 18.2 Å². The van der Waals surface area contributed by atoms with E-state index in [1.54, 1.807) is 0 Å². The molecule has 1 aliphatic rings. The van der Waals surface area contributed by atoms with Gasteiger partial charge in [0.15, 0.2) is 17.5 Å². The molecule has 1 saturated heterocycles. The number of nitrogens with one attached hydrogen (secondary N) is 1. The van der Waals surface area contributed by atoms with Crippen molar-refractivity contribution in [3.05, 3.63) is 69.6 Å². The number of carbonyl (C=O) groups is 1. The quantitative estimate of drug-likeness (QED) is 0.224. The van der Waals surface area contributed by atoms with Crippen LogP contribution in [-0.4, -0.2) is 52.1 Å². The van der Waals surface area contributed by atoms with Crippen LogP contribution in [-0.2, 0) is 9.53 Å². The molecule has 0 bridgehead atoms. The molecule has 0 radical (unpaired) electrons. The molecule has 1 aliphatic heterocycles. The fourth-order valence-electron chi connectivity index (χ4n) is 3.47. The van der Waals surface area contributed by atoms with Crippen molar-refractivity contribution in [2.45, 2.75) is 30.8 Å². The maximum Gasteiger partial charge on any atom is 0.253 e. The van der Waals surface area contributed by atoms with Crippen LogP contribution in [0.5, 0.6) is 0 Å². The van der Waals surface area contributed by atoms with E-state index in [0.29, 0.717) is 17.8 Å². The molecule has 7 N–H and O–H groups in total. The van der Waals surface area contributed by atoms with Crippen LogP contribution in [0.25, 0.3) is 5.70 Å². The maximum atomic E-state index is 13.5. The molecule has 1 heterocycles. The number of rotatable bonds is 6. The van der Waals surface area contributed by atoms with Crippen LogP contribution in [0, 0.1) is 17.5 Å². The highest BCUT2D eigenvalue weighted by molar-refractivity contribution is 6.35. The lowest BCUT2D eigenvalue weighted by molar-refractivity contribution is -0.170. The van der Waals surface area contributed by atoms with E-state index in [2.05, 4.69) is 5.32 Å². The van der Waals surface area contributed by atoms with Crippen LogP contribution in [0.4, 0.5) is 18.9 Å². The number of aliphatic hydroxyl groups is 2. The van der Waals surface area contributed by atoms with Crippen molar-refractivity contribution in [1.29, 1.82) is 0 Å². The first kappa shape index (κ1) is 26.1. The van der Waals surface area contributed by atoms with E-state index < -0.39 is 54.3 Å². The standard InChI is InChI=1S/C21H21Cl2F3N4O4/c22-10-3-11(23)5-12(4-10)29-21(33)17-6-16(20(32)18(8-31)34-17)30(28)7-15(27)9-1-13(24)19(26)14(25)2-9/h1-5,7,16-18,20,31-32H,6,8,27-28H2,(H,29,33)/b15-7-. The topological polar surface area (TPSA) is 134 Å². The minimum Gasteiger partial charge on any atom is -0.397 e. The molecule has 4 atom stereocenters. The summed E-state index contributed by atoms with van der Waals surface area (Å²) in [4.78, 5) is 12.8. The smallest absolute Gasteiger partial charge is 0.253 e. The van der Waals surface area contributed by atoms with Crippen molar-refractivity contribution in [3.8, 4) is 0 Å². The van der Waals surface area contributed by atoms with E-state index in [4.69, 9.17) is 39.5 Å². The largest absolute Gasteiger partial charge is 0.397 e. The molecule has 8 nitrogen and oxygen atoms in total. The van der Waals surface area contributed by atoms with Gasteiger partial charge >= 0.3 is 0 Å². The Bertz CT molecular complexity index is 1060. The van der Waals surface area contributed by atoms with E-state index in [0.717, 1.165) is 11.2 Å². The molecule has 0 saturated carbocycles. The SMILES string of the molecule is N/C(=C\N(N)C1CC(C(=O)Nc2cc(Cl)cc(Cl)c2)OC(CO)C1O)c1cc(F)c(F)c(F)c1. The number of nitrogens with two attached hydrogens (primary N) is 2. The summed E-state index contributed by atoms with van der Waals surface area (Å²) in [5.74, 6) is 0.841. The van der Waals surface area contributed by atoms with Gasteiger partial charge in [-0.2, -0.15) is 0 Å². The zero-order valence-corrected chi connectivity index (χ0v) is 18.9. The monoisotopic (exact) mass is 520 g/mol. The van der Waals surface area contributed by atoms with Gasteiger partial charge < -0.3 is 31.0 Å². The number of hydrogen-bond acceptors (Lipinski definition) is 7. The fraction of sp³-hybridized carbons (Fsp3) is 0.286. The number of carbonyl (C=O) groups excluding carboxylic acids is 1. The predicted molar refractivity (Wildman–Crippen MR) is 120 cm³/mol. The highest BCUT2D eigenvalue weighted by Crippen LogP contribution is 2.27. The van der Waals surface area contributed by atoms with E-state index >= 15 is 0 Å². The molecule has 34 heavy (non-hydrogen) atoms. The highest BCUT2D eigenvalue weighted by atomic mass is 35.5. The van der Waals surface area contributed by atoms with E-state index in [1.807, 2.05) is 0 Å². The number of amides is 1. The molecule has 0 aliphatic carbocycles. The zero-order valence-electron chi connectivity index (χ0n) is 17.4. The van der Waals surface area contributed by atoms with Crippen LogP contribution < -0.4 is 16.9 Å². The molecular weight excluding hydrogens is 500 g/mol. The average molecular weight is 521 g/mol. The lowest BCUT2D eigenvalue weighted by Gasteiger charge is -2.41. The van der Waals surface area contributed by atoms with Gasteiger partial charge in [0.1, 0.15) is 18.3 Å². The molecule has 2 aromatic rings. The Hall–Kier alpha value is -2.54. The summed E-state index contributed by atoms with van der Waals surface area (Å²) >= 11 is 11.9. The first-order valence-corrected chi connectivity index (χ1v) is 10.6. The lowest BCUT2D eigenvalue weighted by Crippen LogP contribution is -2.59. The lowest BCUT2D eigenvalue weighted by atomic mass is 9.94. The summed E-state index contributed by atoms with van der Waals surface area (Å²) in [6, 6.07) is 4.76. The summed E-state index contributed by atoms with van der Waals surface area (Å²) < 4.78 is 45.8. The van der Waals surface area contributed by atoms with Crippen LogP contribution in [0.1, 0.15) is 12.0 Å². The van der Waals surface area contributed by atoms with Crippen molar-refractivity contribution < 1.29 is 32.9 Å². The normalized spacial score (nSPS) is 23.0. The van der Waals surface area contributed by atoms with Crippen LogP contribution >= 0.6 is 23.2 Å². The first-order chi connectivity index (χ1) is 16.0. The number of benzene rings is 2. The zero-order chi connectivity index (χ0) is 25.2. The molecule has 184 valence electrons. The van der Waals surface area contributed by atoms with Crippen molar-refractivity contribution in [1.82, 2.24) is 5.01 Å². The summed E-state index contributed by atoms with van der Waals surface area (Å²) in [5, 5.41) is 24.2. The third kappa shape index (κ3) is 5.93. The Balaban J connectivity index is 1.80. The molecule has 0 spiro atoms. The number of nitrogens with zero attached hydrogens (tertiary/aromatic N) is 1. The second kappa shape index (κ2) is 10.8. The van der Waals surface area contributed by atoms with Crippen LogP contribution in [0.3, 0.4) is 0 Å². The molecular formula is C21H21Cl2F3N4O4. The summed E-state index contributed by atoms with van der Waals surface area (Å²) in [7, 11) is 0. The van der Waals surface area contributed by atoms with Gasteiger partial charge in [-0.15, -0.1) is 0 Å². The fourth-order valence-corrected chi connectivity index (χ4v) is 4.00. The Kier molecular flexibility index (Phi) is 8.29. The predicted octanol–water partition coefficient (Wildman–Crippen LogP) is 2.36. The van der Waals surface area contributed by atoms with Gasteiger partial charge in [-0.05, 0) is 30.3 Å². The number of aliphatic hydroxyl groups excluding tert-OH is 2. The van der Waals surface area contributed by atoms with Crippen molar-refractivity contribution >= 4 is 40.5 Å². The third-order valence-electron chi connectivity index (χ3n) is 5.16. The molecule has 1 fully saturated rings. The summed E-state index contributed by atoms with van der Waals surface area (Å²) in [6.45, 7) is -0.633. The molecule has 13 heteroatoms. The number of ether oxygens (including phenoxy) is 1. The molecule has 4 unspecified atom stereocenters. The average Bonchev–Trinajstić information content (AvgIpc) is 2.76. The Morgan fingerprint density at radius 1 is 1.18 bits per heavy atom. The molecule has 0 aromatic heterocycles. The van der Waals surface area contributed by atoms with Crippen LogP contribution in [0.15, 0.2) is 36.5 Å². The Morgan fingerprint density at radius 2 is 1.76 bits per heavy atom. The van der Waals surface area contributed by atoms with E-state index in [-0.39, 0.29) is 27.7 Å².